The van der Waals surface area contributed by atoms with E-state index in [-0.39, 0.29) is 5.54 Å². The van der Waals surface area contributed by atoms with E-state index in [9.17, 15) is 4.79 Å². The summed E-state index contributed by atoms with van der Waals surface area (Å²) >= 11 is 0. The molecule has 2 fully saturated rings. The van der Waals surface area contributed by atoms with Gasteiger partial charge in [0.25, 0.3) is 0 Å². The van der Waals surface area contributed by atoms with E-state index in [4.69, 9.17) is 5.11 Å². The van der Waals surface area contributed by atoms with E-state index in [2.05, 4.69) is 12.2 Å². The molecule has 15 heavy (non-hydrogen) atoms. The first-order valence-corrected chi connectivity index (χ1v) is 6.13. The Kier molecular flexibility index (Phi) is 3.01. The van der Waals surface area contributed by atoms with E-state index in [0.717, 1.165) is 25.3 Å². The molecular weight excluding hydrogens is 190 g/mol. The minimum Gasteiger partial charge on any atom is -0.481 e. The van der Waals surface area contributed by atoms with Gasteiger partial charge in [-0.2, -0.15) is 0 Å². The van der Waals surface area contributed by atoms with Gasteiger partial charge in [-0.15, -0.1) is 0 Å². The van der Waals surface area contributed by atoms with Crippen LogP contribution in [0.15, 0.2) is 0 Å². The Balaban J connectivity index is 2.05. The molecule has 2 bridgehead atoms. The third kappa shape index (κ3) is 2.03. The Morgan fingerprint density at radius 3 is 2.80 bits per heavy atom. The van der Waals surface area contributed by atoms with Crippen LogP contribution in [0, 0.1) is 11.8 Å². The lowest BCUT2D eigenvalue weighted by atomic mass is 9.78. The standard InChI is InChI=1S/C12H21NO2/c1-2-5-13-12(8-11(14)15)7-9-3-4-10(12)6-9/h9-10,13H,2-8H2,1H3,(H,14,15). The van der Waals surface area contributed by atoms with Gasteiger partial charge in [0, 0.05) is 5.54 Å². The van der Waals surface area contributed by atoms with Crippen LogP contribution in [0.5, 0.6) is 0 Å². The molecule has 3 unspecified atom stereocenters. The molecule has 3 atom stereocenters. The van der Waals surface area contributed by atoms with Crippen LogP contribution in [0.1, 0.15) is 45.4 Å². The summed E-state index contributed by atoms with van der Waals surface area (Å²) in [5.41, 5.74) is -0.0647. The van der Waals surface area contributed by atoms with E-state index in [1.54, 1.807) is 0 Å². The van der Waals surface area contributed by atoms with Crippen molar-refractivity contribution in [1.82, 2.24) is 5.32 Å². The molecule has 0 aliphatic heterocycles. The highest BCUT2D eigenvalue weighted by Crippen LogP contribution is 2.52. The Morgan fingerprint density at radius 1 is 1.53 bits per heavy atom. The largest absolute Gasteiger partial charge is 0.481 e. The minimum absolute atomic E-state index is 0.0647. The molecule has 2 N–H and O–H groups in total. The first kappa shape index (κ1) is 10.9. The van der Waals surface area contributed by atoms with Crippen LogP contribution < -0.4 is 5.32 Å². The van der Waals surface area contributed by atoms with E-state index >= 15 is 0 Å². The van der Waals surface area contributed by atoms with E-state index in [0.29, 0.717) is 12.3 Å². The molecule has 0 heterocycles. The number of hydrogen-bond donors (Lipinski definition) is 2. The number of hydrogen-bond acceptors (Lipinski definition) is 2. The summed E-state index contributed by atoms with van der Waals surface area (Å²) in [6.45, 7) is 3.09. The first-order chi connectivity index (χ1) is 7.16. The van der Waals surface area contributed by atoms with Crippen molar-refractivity contribution in [3.63, 3.8) is 0 Å². The molecule has 3 nitrogen and oxygen atoms in total. The number of fused-ring (bicyclic) bond motifs is 2. The molecule has 2 aliphatic rings. The van der Waals surface area contributed by atoms with Gasteiger partial charge in [-0.25, -0.2) is 0 Å². The van der Waals surface area contributed by atoms with Crippen LogP contribution >= 0.6 is 0 Å². The highest BCUT2D eigenvalue weighted by atomic mass is 16.4. The fraction of sp³-hybridized carbons (Fsp3) is 0.917. The first-order valence-electron chi connectivity index (χ1n) is 6.13. The summed E-state index contributed by atoms with van der Waals surface area (Å²) in [7, 11) is 0. The maximum absolute atomic E-state index is 11.0. The van der Waals surface area contributed by atoms with Gasteiger partial charge in [0.1, 0.15) is 0 Å². The van der Waals surface area contributed by atoms with Crippen LogP contribution in [0.2, 0.25) is 0 Å². The van der Waals surface area contributed by atoms with Gasteiger partial charge in [-0.1, -0.05) is 13.3 Å². The zero-order valence-electron chi connectivity index (χ0n) is 9.46. The van der Waals surface area contributed by atoms with Crippen molar-refractivity contribution in [3.05, 3.63) is 0 Å². The second-order valence-electron chi connectivity index (χ2n) is 5.23. The molecule has 2 aliphatic carbocycles. The van der Waals surface area contributed by atoms with Crippen LogP contribution in [-0.4, -0.2) is 23.2 Å². The second kappa shape index (κ2) is 4.12. The second-order valence-corrected chi connectivity index (χ2v) is 5.23. The van der Waals surface area contributed by atoms with Crippen LogP contribution in [0.4, 0.5) is 0 Å². The van der Waals surface area contributed by atoms with Crippen molar-refractivity contribution in [3.8, 4) is 0 Å². The Bertz CT molecular complexity index is 254. The molecule has 0 aromatic heterocycles. The smallest absolute Gasteiger partial charge is 0.305 e. The maximum atomic E-state index is 11.0. The number of nitrogens with one attached hydrogen (secondary N) is 1. The number of carboxylic acids is 1. The van der Waals surface area contributed by atoms with Gasteiger partial charge in [0.2, 0.25) is 0 Å². The monoisotopic (exact) mass is 211 g/mol. The fourth-order valence-corrected chi connectivity index (χ4v) is 3.58. The molecule has 2 rings (SSSR count). The maximum Gasteiger partial charge on any atom is 0.305 e. The zero-order chi connectivity index (χ0) is 10.9. The lowest BCUT2D eigenvalue weighted by Crippen LogP contribution is -2.51. The van der Waals surface area contributed by atoms with E-state index < -0.39 is 5.97 Å². The number of rotatable bonds is 5. The topological polar surface area (TPSA) is 49.3 Å². The highest BCUT2D eigenvalue weighted by Gasteiger charge is 2.51. The van der Waals surface area contributed by atoms with Gasteiger partial charge in [-0.05, 0) is 44.1 Å². The average molecular weight is 211 g/mol. The quantitative estimate of drug-likeness (QED) is 0.731. The Morgan fingerprint density at radius 2 is 2.33 bits per heavy atom. The molecule has 86 valence electrons. The van der Waals surface area contributed by atoms with Crippen molar-refractivity contribution in [1.29, 1.82) is 0 Å². The average Bonchev–Trinajstić information content (AvgIpc) is 2.73. The Labute approximate surface area is 91.2 Å². The summed E-state index contributed by atoms with van der Waals surface area (Å²) in [6, 6.07) is 0. The number of aliphatic carboxylic acids is 1. The zero-order valence-corrected chi connectivity index (χ0v) is 9.46. The molecule has 3 heteroatoms. The van der Waals surface area contributed by atoms with Crippen LogP contribution in [-0.2, 0) is 4.79 Å². The minimum atomic E-state index is -0.647. The normalized spacial score (nSPS) is 38.5. The van der Waals surface area contributed by atoms with Crippen molar-refractivity contribution < 1.29 is 9.90 Å². The predicted octanol–water partition coefficient (Wildman–Crippen LogP) is 2.02. The van der Waals surface area contributed by atoms with Gasteiger partial charge < -0.3 is 10.4 Å². The molecule has 0 aromatic carbocycles. The fourth-order valence-electron chi connectivity index (χ4n) is 3.58. The molecule has 0 saturated heterocycles. The lowest BCUT2D eigenvalue weighted by Gasteiger charge is -2.37. The molecule has 2 saturated carbocycles. The predicted molar refractivity (Wildman–Crippen MR) is 58.7 cm³/mol. The third-order valence-electron chi connectivity index (χ3n) is 4.17. The summed E-state index contributed by atoms with van der Waals surface area (Å²) < 4.78 is 0. The van der Waals surface area contributed by atoms with Crippen LogP contribution in [0.25, 0.3) is 0 Å². The number of carbonyl (C=O) groups is 1. The molecule has 0 amide bonds. The molecular formula is C12H21NO2. The van der Waals surface area contributed by atoms with Gasteiger partial charge in [-0.3, -0.25) is 4.79 Å². The molecule has 0 radical (unpaired) electrons. The van der Waals surface area contributed by atoms with E-state index in [1.807, 2.05) is 0 Å². The SMILES string of the molecule is CCCNC1(CC(=O)O)CC2CCC1C2. The van der Waals surface area contributed by atoms with Crippen molar-refractivity contribution in [2.45, 2.75) is 51.0 Å². The number of carboxylic acid groups (broad SMARTS) is 1. The summed E-state index contributed by atoms with van der Waals surface area (Å²) in [5, 5.41) is 12.6. The van der Waals surface area contributed by atoms with Crippen LogP contribution in [0.3, 0.4) is 0 Å². The summed E-state index contributed by atoms with van der Waals surface area (Å²) in [6.07, 6.45) is 6.29. The molecule has 0 aromatic rings. The summed E-state index contributed by atoms with van der Waals surface area (Å²) in [5.74, 6) is 0.759. The van der Waals surface area contributed by atoms with Crippen molar-refractivity contribution in [2.75, 3.05) is 6.54 Å². The summed E-state index contributed by atoms with van der Waals surface area (Å²) in [4.78, 5) is 11.0. The van der Waals surface area contributed by atoms with Crippen molar-refractivity contribution >= 4 is 5.97 Å². The van der Waals surface area contributed by atoms with E-state index in [1.165, 1.54) is 19.3 Å². The van der Waals surface area contributed by atoms with Crippen molar-refractivity contribution in [2.24, 2.45) is 11.8 Å². The Hall–Kier alpha value is -0.570. The van der Waals surface area contributed by atoms with Gasteiger partial charge in [0.05, 0.1) is 6.42 Å². The lowest BCUT2D eigenvalue weighted by molar-refractivity contribution is -0.139. The highest BCUT2D eigenvalue weighted by molar-refractivity contribution is 5.68. The molecule has 0 spiro atoms. The van der Waals surface area contributed by atoms with Gasteiger partial charge in [0.15, 0.2) is 0 Å². The van der Waals surface area contributed by atoms with Gasteiger partial charge >= 0.3 is 5.97 Å². The third-order valence-corrected chi connectivity index (χ3v) is 4.17.